The SMILES string of the molecule is COc1ccc(F)cc1C(N)c1cnns1. The van der Waals surface area contributed by atoms with Gasteiger partial charge in [0, 0.05) is 5.56 Å². The van der Waals surface area contributed by atoms with Crippen LogP contribution in [0.15, 0.2) is 24.4 Å². The van der Waals surface area contributed by atoms with Gasteiger partial charge in [0.15, 0.2) is 0 Å². The summed E-state index contributed by atoms with van der Waals surface area (Å²) >= 11 is 1.19. The average Bonchev–Trinajstić information content (AvgIpc) is 2.81. The molecule has 0 aliphatic carbocycles. The molecule has 1 aromatic carbocycles. The summed E-state index contributed by atoms with van der Waals surface area (Å²) in [6.07, 6.45) is 1.57. The van der Waals surface area contributed by atoms with E-state index < -0.39 is 6.04 Å². The molecule has 0 saturated heterocycles. The van der Waals surface area contributed by atoms with Gasteiger partial charge < -0.3 is 10.5 Å². The molecule has 2 aromatic rings. The quantitative estimate of drug-likeness (QED) is 0.886. The van der Waals surface area contributed by atoms with Gasteiger partial charge in [-0.1, -0.05) is 4.49 Å². The third kappa shape index (κ3) is 2.02. The van der Waals surface area contributed by atoms with Crippen molar-refractivity contribution in [2.24, 2.45) is 5.73 Å². The summed E-state index contributed by atoms with van der Waals surface area (Å²) < 4.78 is 22.0. The Morgan fingerprint density at radius 3 is 2.94 bits per heavy atom. The van der Waals surface area contributed by atoms with Crippen molar-refractivity contribution in [1.29, 1.82) is 0 Å². The fourth-order valence-corrected chi connectivity index (χ4v) is 1.94. The summed E-state index contributed by atoms with van der Waals surface area (Å²) in [6.45, 7) is 0. The highest BCUT2D eigenvalue weighted by molar-refractivity contribution is 7.05. The molecule has 0 spiro atoms. The maximum Gasteiger partial charge on any atom is 0.124 e. The topological polar surface area (TPSA) is 61.0 Å². The molecule has 1 aromatic heterocycles. The van der Waals surface area contributed by atoms with E-state index in [0.29, 0.717) is 11.3 Å². The van der Waals surface area contributed by atoms with Crippen LogP contribution in [-0.2, 0) is 0 Å². The minimum absolute atomic E-state index is 0.344. The van der Waals surface area contributed by atoms with Crippen LogP contribution in [0.5, 0.6) is 5.75 Å². The molecule has 0 radical (unpaired) electrons. The van der Waals surface area contributed by atoms with E-state index in [4.69, 9.17) is 10.5 Å². The van der Waals surface area contributed by atoms with Crippen LogP contribution in [-0.4, -0.2) is 16.7 Å². The standard InChI is InChI=1S/C10H10FN3OS/c1-15-8-3-2-6(11)4-7(8)10(12)9-5-13-14-16-9/h2-5,10H,12H2,1H3. The molecular weight excluding hydrogens is 229 g/mol. The zero-order valence-corrected chi connectivity index (χ0v) is 9.37. The fourth-order valence-electron chi connectivity index (χ4n) is 1.41. The number of aromatic nitrogens is 2. The van der Waals surface area contributed by atoms with Crippen molar-refractivity contribution in [2.75, 3.05) is 7.11 Å². The lowest BCUT2D eigenvalue weighted by molar-refractivity contribution is 0.406. The molecule has 0 saturated carbocycles. The van der Waals surface area contributed by atoms with E-state index in [1.165, 1.54) is 30.8 Å². The molecule has 2 rings (SSSR count). The van der Waals surface area contributed by atoms with E-state index >= 15 is 0 Å². The molecule has 0 bridgehead atoms. The second-order valence-electron chi connectivity index (χ2n) is 3.18. The minimum Gasteiger partial charge on any atom is -0.496 e. The number of rotatable bonds is 3. The Morgan fingerprint density at radius 2 is 2.31 bits per heavy atom. The van der Waals surface area contributed by atoms with Gasteiger partial charge in [-0.15, -0.1) is 5.10 Å². The summed E-state index contributed by atoms with van der Waals surface area (Å²) in [5.41, 5.74) is 6.58. The lowest BCUT2D eigenvalue weighted by Gasteiger charge is -2.13. The first-order valence-corrected chi connectivity index (χ1v) is 5.36. The zero-order valence-electron chi connectivity index (χ0n) is 8.55. The van der Waals surface area contributed by atoms with Gasteiger partial charge in [-0.3, -0.25) is 0 Å². The van der Waals surface area contributed by atoms with Gasteiger partial charge in [0.2, 0.25) is 0 Å². The number of nitrogens with two attached hydrogens (primary N) is 1. The molecule has 6 heteroatoms. The van der Waals surface area contributed by atoms with Crippen LogP contribution >= 0.6 is 11.5 Å². The van der Waals surface area contributed by atoms with Gasteiger partial charge in [-0.25, -0.2) is 4.39 Å². The highest BCUT2D eigenvalue weighted by atomic mass is 32.1. The first-order valence-electron chi connectivity index (χ1n) is 4.58. The largest absolute Gasteiger partial charge is 0.496 e. The van der Waals surface area contributed by atoms with Gasteiger partial charge in [-0.05, 0) is 29.7 Å². The van der Waals surface area contributed by atoms with Crippen LogP contribution in [0.25, 0.3) is 0 Å². The third-order valence-electron chi connectivity index (χ3n) is 2.21. The van der Waals surface area contributed by atoms with E-state index in [1.54, 1.807) is 12.3 Å². The van der Waals surface area contributed by atoms with Crippen molar-refractivity contribution in [3.05, 3.63) is 40.7 Å². The Balaban J connectivity index is 2.42. The molecular formula is C10H10FN3OS. The van der Waals surface area contributed by atoms with Crippen molar-refractivity contribution in [1.82, 2.24) is 9.59 Å². The normalized spacial score (nSPS) is 12.4. The Bertz CT molecular complexity index is 475. The first kappa shape index (κ1) is 11.0. The summed E-state index contributed by atoms with van der Waals surface area (Å²) in [7, 11) is 1.52. The lowest BCUT2D eigenvalue weighted by atomic mass is 10.1. The summed E-state index contributed by atoms with van der Waals surface area (Å²) in [6, 6.07) is 3.79. The summed E-state index contributed by atoms with van der Waals surface area (Å²) in [5.74, 6) is 0.214. The van der Waals surface area contributed by atoms with Crippen LogP contribution in [0.1, 0.15) is 16.5 Å². The van der Waals surface area contributed by atoms with Gasteiger partial charge in [0.05, 0.1) is 24.2 Å². The number of hydrogen-bond acceptors (Lipinski definition) is 5. The Morgan fingerprint density at radius 1 is 1.50 bits per heavy atom. The summed E-state index contributed by atoms with van der Waals surface area (Å²) in [4.78, 5) is 0.768. The molecule has 16 heavy (non-hydrogen) atoms. The van der Waals surface area contributed by atoms with E-state index in [9.17, 15) is 4.39 Å². The predicted octanol–water partition coefficient (Wildman–Crippen LogP) is 1.73. The number of nitrogens with zero attached hydrogens (tertiary/aromatic N) is 2. The second kappa shape index (κ2) is 4.54. The maximum atomic E-state index is 13.1. The van der Waals surface area contributed by atoms with Gasteiger partial charge >= 0.3 is 0 Å². The van der Waals surface area contributed by atoms with Crippen LogP contribution in [0, 0.1) is 5.82 Å². The average molecular weight is 239 g/mol. The van der Waals surface area contributed by atoms with Crippen molar-refractivity contribution in [2.45, 2.75) is 6.04 Å². The van der Waals surface area contributed by atoms with Crippen LogP contribution < -0.4 is 10.5 Å². The zero-order chi connectivity index (χ0) is 11.5. The Kier molecular flexibility index (Phi) is 3.12. The van der Waals surface area contributed by atoms with E-state index in [0.717, 1.165) is 4.88 Å². The number of ether oxygens (including phenoxy) is 1. The predicted molar refractivity (Wildman–Crippen MR) is 58.9 cm³/mol. The second-order valence-corrected chi connectivity index (χ2v) is 4.00. The molecule has 0 fully saturated rings. The van der Waals surface area contributed by atoms with Crippen LogP contribution in [0.4, 0.5) is 4.39 Å². The first-order chi connectivity index (χ1) is 7.72. The molecule has 0 aliphatic rings. The maximum absolute atomic E-state index is 13.1. The highest BCUT2D eigenvalue weighted by Crippen LogP contribution is 2.29. The Hall–Kier alpha value is -1.53. The van der Waals surface area contributed by atoms with E-state index in [-0.39, 0.29) is 5.82 Å². The fraction of sp³-hybridized carbons (Fsp3) is 0.200. The molecule has 84 valence electrons. The van der Waals surface area contributed by atoms with Crippen molar-refractivity contribution in [3.63, 3.8) is 0 Å². The monoisotopic (exact) mass is 239 g/mol. The number of benzene rings is 1. The molecule has 1 heterocycles. The molecule has 4 nitrogen and oxygen atoms in total. The van der Waals surface area contributed by atoms with Crippen molar-refractivity contribution in [3.8, 4) is 5.75 Å². The van der Waals surface area contributed by atoms with Crippen molar-refractivity contribution >= 4 is 11.5 Å². The Labute approximate surface area is 96.0 Å². The lowest BCUT2D eigenvalue weighted by Crippen LogP contribution is -2.12. The van der Waals surface area contributed by atoms with Crippen LogP contribution in [0.2, 0.25) is 0 Å². The van der Waals surface area contributed by atoms with Gasteiger partial charge in [0.25, 0.3) is 0 Å². The molecule has 1 unspecified atom stereocenters. The van der Waals surface area contributed by atoms with E-state index in [2.05, 4.69) is 9.59 Å². The summed E-state index contributed by atoms with van der Waals surface area (Å²) in [5, 5.41) is 3.70. The third-order valence-corrected chi connectivity index (χ3v) is 2.96. The van der Waals surface area contributed by atoms with Gasteiger partial charge in [0.1, 0.15) is 11.6 Å². The molecule has 0 amide bonds. The van der Waals surface area contributed by atoms with Gasteiger partial charge in [-0.2, -0.15) is 0 Å². The number of hydrogen-bond donors (Lipinski definition) is 1. The number of halogens is 1. The molecule has 1 atom stereocenters. The smallest absolute Gasteiger partial charge is 0.124 e. The highest BCUT2D eigenvalue weighted by Gasteiger charge is 2.16. The molecule has 2 N–H and O–H groups in total. The van der Waals surface area contributed by atoms with Crippen LogP contribution in [0.3, 0.4) is 0 Å². The minimum atomic E-state index is -0.467. The molecule has 0 aliphatic heterocycles. The van der Waals surface area contributed by atoms with E-state index in [1.807, 2.05) is 0 Å². The van der Waals surface area contributed by atoms with Crippen molar-refractivity contribution < 1.29 is 9.13 Å². The number of methoxy groups -OCH3 is 1.